The fourth-order valence-corrected chi connectivity index (χ4v) is 2.82. The van der Waals surface area contributed by atoms with Crippen molar-refractivity contribution in [3.63, 3.8) is 0 Å². The molecule has 2 nitrogen and oxygen atoms in total. The molecule has 0 saturated heterocycles. The molecule has 3 heteroatoms. The smallest absolute Gasteiger partial charge is 0.161 e. The highest BCUT2D eigenvalue weighted by Crippen LogP contribution is 2.32. The summed E-state index contributed by atoms with van der Waals surface area (Å²) in [5, 5.41) is 0.736. The number of aromatic nitrogens is 1. The van der Waals surface area contributed by atoms with Crippen molar-refractivity contribution in [1.29, 1.82) is 0 Å². The Bertz CT molecular complexity index is 734. The Kier molecular flexibility index (Phi) is 3.19. The Morgan fingerprint density at radius 3 is 2.75 bits per heavy atom. The number of pyridine rings is 1. The second-order valence-electron chi connectivity index (χ2n) is 5.07. The number of fused-ring (bicyclic) bond motifs is 2. The van der Waals surface area contributed by atoms with E-state index >= 15 is 0 Å². The van der Waals surface area contributed by atoms with E-state index in [1.165, 1.54) is 5.56 Å². The highest BCUT2D eigenvalue weighted by Gasteiger charge is 2.19. The Morgan fingerprint density at radius 2 is 2.00 bits per heavy atom. The fourth-order valence-electron chi connectivity index (χ4n) is 2.63. The molecule has 0 N–H and O–H groups in total. The predicted octanol–water partition coefficient (Wildman–Crippen LogP) is 4.10. The maximum atomic E-state index is 11.5. The Hall–Kier alpha value is -1.93. The van der Waals surface area contributed by atoms with Crippen molar-refractivity contribution in [2.45, 2.75) is 19.8 Å². The quantitative estimate of drug-likeness (QED) is 0.738. The number of ketones is 1. The third kappa shape index (κ3) is 2.16. The van der Waals surface area contributed by atoms with Gasteiger partial charge in [0.1, 0.15) is 0 Å². The van der Waals surface area contributed by atoms with Crippen LogP contribution < -0.4 is 0 Å². The molecule has 2 aromatic rings. The first-order valence-electron chi connectivity index (χ1n) is 6.54. The maximum absolute atomic E-state index is 11.5. The Morgan fingerprint density at radius 1 is 1.25 bits per heavy atom. The van der Waals surface area contributed by atoms with E-state index in [9.17, 15) is 4.79 Å². The summed E-state index contributed by atoms with van der Waals surface area (Å²) in [7, 11) is 0. The van der Waals surface area contributed by atoms with Gasteiger partial charge in [0.25, 0.3) is 0 Å². The summed E-state index contributed by atoms with van der Waals surface area (Å²) in [6.45, 7) is 5.73. The monoisotopic (exact) mass is 283 g/mol. The third-order valence-electron chi connectivity index (χ3n) is 3.72. The summed E-state index contributed by atoms with van der Waals surface area (Å²) in [6.07, 6.45) is 3.36. The number of halogens is 1. The van der Waals surface area contributed by atoms with Crippen molar-refractivity contribution < 1.29 is 4.79 Å². The van der Waals surface area contributed by atoms with E-state index in [4.69, 9.17) is 11.6 Å². The summed E-state index contributed by atoms with van der Waals surface area (Å²) in [6, 6.07) is 7.79. The molecule has 1 heterocycles. The molecule has 0 atom stereocenters. The second-order valence-corrected chi connectivity index (χ2v) is 5.50. The van der Waals surface area contributed by atoms with Gasteiger partial charge in [0, 0.05) is 22.4 Å². The molecule has 1 aromatic heterocycles. The van der Waals surface area contributed by atoms with E-state index in [2.05, 4.69) is 11.6 Å². The highest BCUT2D eigenvalue weighted by atomic mass is 35.5. The summed E-state index contributed by atoms with van der Waals surface area (Å²) in [5.41, 5.74) is 5.80. The Labute approximate surface area is 123 Å². The average Bonchev–Trinajstić information content (AvgIpc) is 2.56. The van der Waals surface area contributed by atoms with Gasteiger partial charge in [-0.25, -0.2) is 0 Å². The van der Waals surface area contributed by atoms with Crippen LogP contribution in [0.15, 0.2) is 37.0 Å². The second kappa shape index (κ2) is 4.88. The van der Waals surface area contributed by atoms with Gasteiger partial charge < -0.3 is 0 Å². The van der Waals surface area contributed by atoms with Crippen molar-refractivity contribution in [1.82, 2.24) is 4.98 Å². The highest BCUT2D eigenvalue weighted by molar-refractivity contribution is 6.30. The van der Waals surface area contributed by atoms with Crippen LogP contribution in [0.25, 0.3) is 5.57 Å². The van der Waals surface area contributed by atoms with Crippen LogP contribution in [0.2, 0.25) is 5.02 Å². The first-order valence-corrected chi connectivity index (χ1v) is 6.92. The van der Waals surface area contributed by atoms with Crippen LogP contribution in [-0.4, -0.2) is 10.8 Å². The van der Waals surface area contributed by atoms with Gasteiger partial charge in [-0.1, -0.05) is 24.2 Å². The van der Waals surface area contributed by atoms with Gasteiger partial charge in [-0.2, -0.15) is 0 Å². The minimum atomic E-state index is 0.0377. The molecule has 0 fully saturated rings. The molecule has 0 amide bonds. The number of benzene rings is 1. The molecule has 0 unspecified atom stereocenters. The van der Waals surface area contributed by atoms with Crippen molar-refractivity contribution in [2.75, 3.05) is 0 Å². The maximum Gasteiger partial charge on any atom is 0.161 e. The van der Waals surface area contributed by atoms with E-state index < -0.39 is 0 Å². The van der Waals surface area contributed by atoms with Crippen molar-refractivity contribution in [3.8, 4) is 0 Å². The average molecular weight is 284 g/mol. The third-order valence-corrected chi connectivity index (χ3v) is 3.95. The first-order chi connectivity index (χ1) is 9.56. The molecule has 1 aliphatic carbocycles. The van der Waals surface area contributed by atoms with Gasteiger partial charge in [0.2, 0.25) is 0 Å². The zero-order chi connectivity index (χ0) is 14.3. The van der Waals surface area contributed by atoms with Gasteiger partial charge in [-0.15, -0.1) is 0 Å². The van der Waals surface area contributed by atoms with E-state index in [0.717, 1.165) is 40.3 Å². The van der Waals surface area contributed by atoms with Crippen LogP contribution in [0.3, 0.4) is 0 Å². The van der Waals surface area contributed by atoms with E-state index in [1.54, 1.807) is 13.1 Å². The van der Waals surface area contributed by atoms with Gasteiger partial charge in [-0.3, -0.25) is 9.78 Å². The molecule has 0 radical (unpaired) electrons. The summed E-state index contributed by atoms with van der Waals surface area (Å²) < 4.78 is 0. The molecule has 0 spiro atoms. The first kappa shape index (κ1) is 13.1. The molecule has 100 valence electrons. The predicted molar refractivity (Wildman–Crippen MR) is 81.2 cm³/mol. The zero-order valence-corrected chi connectivity index (χ0v) is 12.0. The summed E-state index contributed by atoms with van der Waals surface area (Å²) in [5.74, 6) is 0.0377. The number of Topliss-reactive ketones (excluding diaryl/α,β-unsaturated/α-hetero) is 1. The van der Waals surface area contributed by atoms with Crippen LogP contribution in [0.5, 0.6) is 0 Å². The number of carbonyl (C=O) groups is 1. The lowest BCUT2D eigenvalue weighted by atomic mass is 9.99. The number of nitrogens with zero attached hydrogens (tertiary/aromatic N) is 1. The largest absolute Gasteiger partial charge is 0.294 e. The molecule has 0 saturated carbocycles. The zero-order valence-electron chi connectivity index (χ0n) is 11.2. The molecule has 3 rings (SSSR count). The molecular weight excluding hydrogens is 270 g/mol. The number of aryl methyl sites for hydroxylation is 2. The van der Waals surface area contributed by atoms with Crippen molar-refractivity contribution >= 4 is 23.0 Å². The molecule has 1 aliphatic rings. The molecule has 0 bridgehead atoms. The standard InChI is InChI=1S/C17H14ClNO/c1-10-16-6-5-15(18)8-12(16)3-4-13-7-14(11(2)20)9-19-17(10)13/h5-9H,1,3-4H2,2H3. The Balaban J connectivity index is 2.14. The molecule has 0 aliphatic heterocycles. The summed E-state index contributed by atoms with van der Waals surface area (Å²) in [4.78, 5) is 15.9. The number of rotatable bonds is 1. The lowest BCUT2D eigenvalue weighted by Gasteiger charge is -2.09. The van der Waals surface area contributed by atoms with Gasteiger partial charge in [-0.05, 0) is 54.7 Å². The van der Waals surface area contributed by atoms with E-state index in [-0.39, 0.29) is 5.78 Å². The molecular formula is C17H14ClNO. The minimum Gasteiger partial charge on any atom is -0.294 e. The van der Waals surface area contributed by atoms with Crippen molar-refractivity contribution in [2.24, 2.45) is 0 Å². The number of hydrogen-bond acceptors (Lipinski definition) is 2. The fraction of sp³-hybridized carbons (Fsp3) is 0.176. The molecule has 20 heavy (non-hydrogen) atoms. The van der Waals surface area contributed by atoms with Crippen LogP contribution in [0, 0.1) is 0 Å². The van der Waals surface area contributed by atoms with Crippen LogP contribution in [0.4, 0.5) is 0 Å². The SMILES string of the molecule is C=C1c2ccc(Cl)cc2CCc2cc(C(C)=O)cnc21. The van der Waals surface area contributed by atoms with Crippen molar-refractivity contribution in [3.05, 3.63) is 70.0 Å². The van der Waals surface area contributed by atoms with Crippen LogP contribution in [-0.2, 0) is 12.8 Å². The topological polar surface area (TPSA) is 30.0 Å². The number of carbonyl (C=O) groups excluding carboxylic acids is 1. The van der Waals surface area contributed by atoms with Crippen LogP contribution >= 0.6 is 11.6 Å². The van der Waals surface area contributed by atoms with E-state index in [1.807, 2.05) is 24.3 Å². The van der Waals surface area contributed by atoms with Gasteiger partial charge in [0.05, 0.1) is 5.69 Å². The minimum absolute atomic E-state index is 0.0377. The van der Waals surface area contributed by atoms with E-state index in [0.29, 0.717) is 5.56 Å². The normalized spacial score (nSPS) is 13.4. The summed E-state index contributed by atoms with van der Waals surface area (Å²) >= 11 is 6.07. The van der Waals surface area contributed by atoms with Crippen LogP contribution in [0.1, 0.15) is 39.7 Å². The van der Waals surface area contributed by atoms with Gasteiger partial charge >= 0.3 is 0 Å². The number of hydrogen-bond donors (Lipinski definition) is 0. The van der Waals surface area contributed by atoms with Gasteiger partial charge in [0.15, 0.2) is 5.78 Å². The lowest BCUT2D eigenvalue weighted by molar-refractivity contribution is 0.101. The molecule has 1 aromatic carbocycles. The lowest BCUT2D eigenvalue weighted by Crippen LogP contribution is -2.01.